The lowest BCUT2D eigenvalue weighted by Crippen LogP contribution is -2.34. The summed E-state index contributed by atoms with van der Waals surface area (Å²) in [5.74, 6) is 0. The standard InChI is InChI=1S/C12H20N2O/c1-12(2,9-15)14-11-5-3-10(4-6-11)7-8-13/h3-6,14-15H,7-9,13H2,1-2H3. The molecule has 0 atom stereocenters. The van der Waals surface area contributed by atoms with Gasteiger partial charge in [-0.05, 0) is 44.5 Å². The Morgan fingerprint density at radius 1 is 1.27 bits per heavy atom. The van der Waals surface area contributed by atoms with Gasteiger partial charge in [-0.1, -0.05) is 12.1 Å². The minimum absolute atomic E-state index is 0.109. The van der Waals surface area contributed by atoms with E-state index in [2.05, 4.69) is 17.4 Å². The van der Waals surface area contributed by atoms with Crippen LogP contribution in [0.4, 0.5) is 5.69 Å². The average molecular weight is 208 g/mol. The number of aliphatic hydroxyl groups is 1. The maximum Gasteiger partial charge on any atom is 0.0656 e. The van der Waals surface area contributed by atoms with E-state index in [1.165, 1.54) is 5.56 Å². The fourth-order valence-electron chi connectivity index (χ4n) is 1.35. The van der Waals surface area contributed by atoms with Crippen molar-refractivity contribution < 1.29 is 5.11 Å². The lowest BCUT2D eigenvalue weighted by atomic mass is 10.1. The summed E-state index contributed by atoms with van der Waals surface area (Å²) < 4.78 is 0. The van der Waals surface area contributed by atoms with Gasteiger partial charge >= 0.3 is 0 Å². The van der Waals surface area contributed by atoms with E-state index in [1.54, 1.807) is 0 Å². The number of hydrogen-bond acceptors (Lipinski definition) is 3. The Kier molecular flexibility index (Phi) is 4.12. The predicted octanol–water partition coefficient (Wildman–Crippen LogP) is 1.37. The van der Waals surface area contributed by atoms with Crippen LogP contribution in [0.5, 0.6) is 0 Å². The van der Waals surface area contributed by atoms with Gasteiger partial charge in [0.15, 0.2) is 0 Å². The lowest BCUT2D eigenvalue weighted by Gasteiger charge is -2.25. The molecule has 0 unspecified atom stereocenters. The van der Waals surface area contributed by atoms with Crippen molar-refractivity contribution in [2.24, 2.45) is 5.73 Å². The van der Waals surface area contributed by atoms with Gasteiger partial charge in [0.2, 0.25) is 0 Å². The summed E-state index contributed by atoms with van der Waals surface area (Å²) in [6.45, 7) is 4.70. The van der Waals surface area contributed by atoms with Crippen LogP contribution in [-0.2, 0) is 6.42 Å². The van der Waals surface area contributed by atoms with Crippen molar-refractivity contribution in [2.75, 3.05) is 18.5 Å². The van der Waals surface area contributed by atoms with Crippen molar-refractivity contribution in [1.82, 2.24) is 0 Å². The molecule has 0 saturated carbocycles. The highest BCUT2D eigenvalue weighted by atomic mass is 16.3. The van der Waals surface area contributed by atoms with E-state index in [4.69, 9.17) is 10.8 Å². The number of hydrogen-bond donors (Lipinski definition) is 3. The first-order chi connectivity index (χ1) is 7.07. The van der Waals surface area contributed by atoms with Gasteiger partial charge in [-0.3, -0.25) is 0 Å². The molecule has 0 fully saturated rings. The molecule has 0 heterocycles. The monoisotopic (exact) mass is 208 g/mol. The summed E-state index contributed by atoms with van der Waals surface area (Å²) in [6.07, 6.45) is 0.906. The molecule has 3 nitrogen and oxygen atoms in total. The molecule has 1 aromatic carbocycles. The smallest absolute Gasteiger partial charge is 0.0656 e. The number of benzene rings is 1. The summed E-state index contributed by atoms with van der Waals surface area (Å²) in [5.41, 5.74) is 7.45. The first-order valence-electron chi connectivity index (χ1n) is 5.25. The predicted molar refractivity (Wildman–Crippen MR) is 64.0 cm³/mol. The molecular formula is C12H20N2O. The van der Waals surface area contributed by atoms with E-state index in [-0.39, 0.29) is 12.1 Å². The Morgan fingerprint density at radius 2 is 1.87 bits per heavy atom. The summed E-state index contributed by atoms with van der Waals surface area (Å²) in [7, 11) is 0. The molecule has 0 spiro atoms. The molecule has 3 heteroatoms. The lowest BCUT2D eigenvalue weighted by molar-refractivity contribution is 0.234. The molecule has 0 saturated heterocycles. The van der Waals surface area contributed by atoms with Gasteiger partial charge in [0.05, 0.1) is 12.1 Å². The third kappa shape index (κ3) is 3.90. The number of rotatable bonds is 5. The van der Waals surface area contributed by atoms with Crippen molar-refractivity contribution in [2.45, 2.75) is 25.8 Å². The van der Waals surface area contributed by atoms with Crippen LogP contribution in [-0.4, -0.2) is 23.8 Å². The topological polar surface area (TPSA) is 58.3 Å². The van der Waals surface area contributed by atoms with Crippen molar-refractivity contribution in [3.05, 3.63) is 29.8 Å². The number of nitrogens with two attached hydrogens (primary N) is 1. The Balaban J connectivity index is 2.64. The molecule has 84 valence electrons. The SMILES string of the molecule is CC(C)(CO)Nc1ccc(CCN)cc1. The highest BCUT2D eigenvalue weighted by Gasteiger charge is 2.14. The summed E-state index contributed by atoms with van der Waals surface area (Å²) in [6, 6.07) is 8.15. The second-order valence-electron chi connectivity index (χ2n) is 4.40. The zero-order valence-corrected chi connectivity index (χ0v) is 9.46. The summed E-state index contributed by atoms with van der Waals surface area (Å²) >= 11 is 0. The first kappa shape index (κ1) is 12.0. The van der Waals surface area contributed by atoms with Crippen molar-refractivity contribution in [1.29, 1.82) is 0 Å². The highest BCUT2D eigenvalue weighted by molar-refractivity contribution is 5.46. The van der Waals surface area contributed by atoms with E-state index in [9.17, 15) is 0 Å². The van der Waals surface area contributed by atoms with Crippen molar-refractivity contribution in [3.63, 3.8) is 0 Å². The minimum atomic E-state index is -0.282. The van der Waals surface area contributed by atoms with Gasteiger partial charge in [0.25, 0.3) is 0 Å². The van der Waals surface area contributed by atoms with E-state index >= 15 is 0 Å². The third-order valence-electron chi connectivity index (χ3n) is 2.26. The molecule has 0 bridgehead atoms. The molecule has 0 aliphatic carbocycles. The largest absolute Gasteiger partial charge is 0.394 e. The van der Waals surface area contributed by atoms with Gasteiger partial charge in [0, 0.05) is 5.69 Å². The summed E-state index contributed by atoms with van der Waals surface area (Å²) in [4.78, 5) is 0. The van der Waals surface area contributed by atoms with Crippen LogP contribution in [0.3, 0.4) is 0 Å². The van der Waals surface area contributed by atoms with Crippen LogP contribution in [0, 0.1) is 0 Å². The highest BCUT2D eigenvalue weighted by Crippen LogP contribution is 2.15. The second kappa shape index (κ2) is 5.14. The van der Waals surface area contributed by atoms with Crippen LogP contribution in [0.25, 0.3) is 0 Å². The van der Waals surface area contributed by atoms with Gasteiger partial charge in [-0.2, -0.15) is 0 Å². The molecule has 0 radical (unpaired) electrons. The molecule has 1 aromatic rings. The molecule has 0 amide bonds. The average Bonchev–Trinajstić information content (AvgIpc) is 2.21. The summed E-state index contributed by atoms with van der Waals surface area (Å²) in [5, 5.41) is 12.4. The van der Waals surface area contributed by atoms with E-state index < -0.39 is 0 Å². The molecule has 4 N–H and O–H groups in total. The Morgan fingerprint density at radius 3 is 2.33 bits per heavy atom. The van der Waals surface area contributed by atoms with Gasteiger partial charge in [-0.25, -0.2) is 0 Å². The maximum atomic E-state index is 9.12. The zero-order chi connectivity index (χ0) is 11.3. The molecular weight excluding hydrogens is 188 g/mol. The molecule has 0 aliphatic rings. The number of nitrogens with one attached hydrogen (secondary N) is 1. The van der Waals surface area contributed by atoms with Crippen LogP contribution in [0.15, 0.2) is 24.3 Å². The number of aliphatic hydroxyl groups excluding tert-OH is 1. The van der Waals surface area contributed by atoms with Crippen LogP contribution >= 0.6 is 0 Å². The molecule has 1 rings (SSSR count). The van der Waals surface area contributed by atoms with Gasteiger partial charge in [0.1, 0.15) is 0 Å². The quantitative estimate of drug-likeness (QED) is 0.685. The van der Waals surface area contributed by atoms with Crippen LogP contribution < -0.4 is 11.1 Å². The fourth-order valence-corrected chi connectivity index (χ4v) is 1.35. The molecule has 0 aliphatic heterocycles. The van der Waals surface area contributed by atoms with Crippen LogP contribution in [0.1, 0.15) is 19.4 Å². The Bertz CT molecular complexity index is 293. The number of anilines is 1. The molecule has 15 heavy (non-hydrogen) atoms. The maximum absolute atomic E-state index is 9.12. The normalized spacial score (nSPS) is 11.5. The Hall–Kier alpha value is -1.06. The van der Waals surface area contributed by atoms with E-state index in [0.29, 0.717) is 6.54 Å². The van der Waals surface area contributed by atoms with Crippen molar-refractivity contribution in [3.8, 4) is 0 Å². The fraction of sp³-hybridized carbons (Fsp3) is 0.500. The van der Waals surface area contributed by atoms with Crippen LogP contribution in [0.2, 0.25) is 0 Å². The first-order valence-corrected chi connectivity index (χ1v) is 5.25. The second-order valence-corrected chi connectivity index (χ2v) is 4.40. The third-order valence-corrected chi connectivity index (χ3v) is 2.26. The Labute approximate surface area is 91.3 Å². The van der Waals surface area contributed by atoms with E-state index in [0.717, 1.165) is 12.1 Å². The molecule has 0 aromatic heterocycles. The minimum Gasteiger partial charge on any atom is -0.394 e. The zero-order valence-electron chi connectivity index (χ0n) is 9.46. The van der Waals surface area contributed by atoms with Gasteiger partial charge in [-0.15, -0.1) is 0 Å². The van der Waals surface area contributed by atoms with Crippen molar-refractivity contribution >= 4 is 5.69 Å². The van der Waals surface area contributed by atoms with E-state index in [1.807, 2.05) is 26.0 Å². The van der Waals surface area contributed by atoms with Gasteiger partial charge < -0.3 is 16.2 Å².